The van der Waals surface area contributed by atoms with E-state index in [1.165, 1.54) is 0 Å². The number of nitrogens with zero attached hydrogens (tertiary/aromatic N) is 4. The highest BCUT2D eigenvalue weighted by Crippen LogP contribution is 2.41. The smallest absolute Gasteiger partial charge is 0.248 e. The Kier molecular flexibility index (Phi) is 3.45. The summed E-state index contributed by atoms with van der Waals surface area (Å²) in [4.78, 5) is 27.5. The van der Waals surface area contributed by atoms with Crippen molar-refractivity contribution in [3.8, 4) is 0 Å². The standard InChI is InChI=1S/C16H21N5O2/c1-20(16-13-2-3-17-15(13)18-9-19-16)12-4-10-6-21(14(23)8-22)7-11(10)5-12/h2-3,9-12,22H,4-8H2,1H3,(H,17,18,19). The van der Waals surface area contributed by atoms with E-state index in [4.69, 9.17) is 5.11 Å². The Balaban J connectivity index is 1.49. The number of nitrogens with one attached hydrogen (secondary N) is 1. The van der Waals surface area contributed by atoms with Crippen LogP contribution in [-0.4, -0.2) is 63.7 Å². The van der Waals surface area contributed by atoms with Crippen molar-refractivity contribution in [2.75, 3.05) is 31.6 Å². The van der Waals surface area contributed by atoms with Crippen LogP contribution in [0.25, 0.3) is 11.0 Å². The molecule has 2 atom stereocenters. The first-order chi connectivity index (χ1) is 11.2. The van der Waals surface area contributed by atoms with Crippen molar-refractivity contribution in [1.29, 1.82) is 0 Å². The molecule has 4 rings (SSSR count). The maximum atomic E-state index is 11.6. The molecule has 0 radical (unpaired) electrons. The topological polar surface area (TPSA) is 85.4 Å². The van der Waals surface area contributed by atoms with Crippen LogP contribution in [-0.2, 0) is 4.79 Å². The maximum Gasteiger partial charge on any atom is 0.248 e. The minimum Gasteiger partial charge on any atom is -0.387 e. The molecule has 7 nitrogen and oxygen atoms in total. The summed E-state index contributed by atoms with van der Waals surface area (Å²) < 4.78 is 0. The average molecular weight is 315 g/mol. The van der Waals surface area contributed by atoms with Gasteiger partial charge in [0, 0.05) is 32.4 Å². The summed E-state index contributed by atoms with van der Waals surface area (Å²) in [6, 6.07) is 2.45. The van der Waals surface area contributed by atoms with Gasteiger partial charge in [0.05, 0.1) is 5.39 Å². The summed E-state index contributed by atoms with van der Waals surface area (Å²) in [5.74, 6) is 1.88. The number of rotatable bonds is 3. The molecule has 122 valence electrons. The van der Waals surface area contributed by atoms with Crippen molar-refractivity contribution in [2.45, 2.75) is 18.9 Å². The second-order valence-corrected chi connectivity index (χ2v) is 6.65. The van der Waals surface area contributed by atoms with Crippen LogP contribution in [0, 0.1) is 11.8 Å². The molecule has 2 aliphatic rings. The molecule has 1 amide bonds. The van der Waals surface area contributed by atoms with Gasteiger partial charge < -0.3 is 19.9 Å². The van der Waals surface area contributed by atoms with E-state index in [-0.39, 0.29) is 12.5 Å². The summed E-state index contributed by atoms with van der Waals surface area (Å²) in [7, 11) is 2.09. The lowest BCUT2D eigenvalue weighted by atomic mass is 10.0. The summed E-state index contributed by atoms with van der Waals surface area (Å²) >= 11 is 0. The van der Waals surface area contributed by atoms with Crippen LogP contribution in [0.4, 0.5) is 5.82 Å². The molecule has 0 bridgehead atoms. The lowest BCUT2D eigenvalue weighted by Crippen LogP contribution is -2.35. The number of likely N-dealkylation sites (tertiary alicyclic amines) is 1. The highest BCUT2D eigenvalue weighted by molar-refractivity contribution is 5.87. The molecule has 2 unspecified atom stereocenters. The lowest BCUT2D eigenvalue weighted by molar-refractivity contribution is -0.133. The first kappa shape index (κ1) is 14.4. The molecule has 3 heterocycles. The third-order valence-electron chi connectivity index (χ3n) is 5.43. The molecule has 1 saturated heterocycles. The first-order valence-electron chi connectivity index (χ1n) is 8.07. The van der Waals surface area contributed by atoms with Gasteiger partial charge in [-0.2, -0.15) is 0 Å². The van der Waals surface area contributed by atoms with Crippen LogP contribution < -0.4 is 4.90 Å². The van der Waals surface area contributed by atoms with Crippen LogP contribution >= 0.6 is 0 Å². The van der Waals surface area contributed by atoms with Crippen molar-refractivity contribution in [3.05, 3.63) is 18.6 Å². The van der Waals surface area contributed by atoms with Crippen LogP contribution in [0.2, 0.25) is 0 Å². The Labute approximate surface area is 134 Å². The van der Waals surface area contributed by atoms with Crippen molar-refractivity contribution in [1.82, 2.24) is 19.9 Å². The summed E-state index contributed by atoms with van der Waals surface area (Å²) in [5.41, 5.74) is 0.861. The number of aromatic amines is 1. The molecule has 1 aliphatic carbocycles. The predicted molar refractivity (Wildman–Crippen MR) is 86.0 cm³/mol. The Morgan fingerprint density at radius 1 is 1.39 bits per heavy atom. The number of hydrogen-bond donors (Lipinski definition) is 2. The second kappa shape index (κ2) is 5.49. The maximum absolute atomic E-state index is 11.6. The zero-order chi connectivity index (χ0) is 16.0. The Hall–Kier alpha value is -2.15. The molecule has 2 aromatic heterocycles. The molecule has 23 heavy (non-hydrogen) atoms. The number of carbonyl (C=O) groups excluding carboxylic acids is 1. The molecular weight excluding hydrogens is 294 g/mol. The van der Waals surface area contributed by atoms with Gasteiger partial charge in [-0.3, -0.25) is 4.79 Å². The first-order valence-corrected chi connectivity index (χ1v) is 8.07. The zero-order valence-electron chi connectivity index (χ0n) is 13.1. The van der Waals surface area contributed by atoms with Crippen molar-refractivity contribution < 1.29 is 9.90 Å². The van der Waals surface area contributed by atoms with Crippen LogP contribution in [0.15, 0.2) is 18.6 Å². The number of H-pyrrole nitrogens is 1. The number of carbonyl (C=O) groups is 1. The van der Waals surface area contributed by atoms with E-state index in [0.29, 0.717) is 17.9 Å². The number of hydrogen-bond acceptors (Lipinski definition) is 5. The fourth-order valence-corrected chi connectivity index (χ4v) is 4.20. The Morgan fingerprint density at radius 2 is 2.13 bits per heavy atom. The minimum atomic E-state index is -0.380. The number of amides is 1. The van der Waals surface area contributed by atoms with Gasteiger partial charge in [0.25, 0.3) is 0 Å². The number of fused-ring (bicyclic) bond motifs is 2. The molecule has 7 heteroatoms. The van der Waals surface area contributed by atoms with E-state index in [0.717, 1.165) is 42.8 Å². The van der Waals surface area contributed by atoms with Gasteiger partial charge in [-0.25, -0.2) is 9.97 Å². The number of anilines is 1. The van der Waals surface area contributed by atoms with E-state index >= 15 is 0 Å². The van der Waals surface area contributed by atoms with Crippen molar-refractivity contribution in [2.24, 2.45) is 11.8 Å². The highest BCUT2D eigenvalue weighted by Gasteiger charge is 2.43. The summed E-state index contributed by atoms with van der Waals surface area (Å²) in [5, 5.41) is 10.1. The molecule has 1 aliphatic heterocycles. The quantitative estimate of drug-likeness (QED) is 0.867. The zero-order valence-corrected chi connectivity index (χ0v) is 13.1. The van der Waals surface area contributed by atoms with E-state index in [1.807, 2.05) is 12.3 Å². The predicted octanol–water partition coefficient (Wildman–Crippen LogP) is 0.623. The molecule has 2 aromatic rings. The molecule has 0 aromatic carbocycles. The third kappa shape index (κ3) is 2.35. The highest BCUT2D eigenvalue weighted by atomic mass is 16.3. The Morgan fingerprint density at radius 3 is 2.83 bits per heavy atom. The minimum absolute atomic E-state index is 0.144. The Bertz CT molecular complexity index is 716. The summed E-state index contributed by atoms with van der Waals surface area (Å²) in [6.07, 6.45) is 5.61. The van der Waals surface area contributed by atoms with Gasteiger partial charge in [-0.1, -0.05) is 0 Å². The monoisotopic (exact) mass is 315 g/mol. The van der Waals surface area contributed by atoms with E-state index in [2.05, 4.69) is 26.9 Å². The van der Waals surface area contributed by atoms with Crippen LogP contribution in [0.3, 0.4) is 0 Å². The van der Waals surface area contributed by atoms with Gasteiger partial charge in [0.2, 0.25) is 5.91 Å². The largest absolute Gasteiger partial charge is 0.387 e. The third-order valence-corrected chi connectivity index (χ3v) is 5.43. The molecule has 2 N–H and O–H groups in total. The van der Waals surface area contributed by atoms with Crippen LogP contribution in [0.1, 0.15) is 12.8 Å². The number of aromatic nitrogens is 3. The SMILES string of the molecule is CN(c1ncnc2[nH]ccc12)C1CC2CN(C(=O)CO)CC2C1. The molecule has 0 spiro atoms. The normalized spacial score (nSPS) is 26.7. The van der Waals surface area contributed by atoms with Gasteiger partial charge in [0.1, 0.15) is 24.4 Å². The summed E-state index contributed by atoms with van der Waals surface area (Å²) in [6.45, 7) is 1.17. The van der Waals surface area contributed by atoms with Crippen molar-refractivity contribution in [3.63, 3.8) is 0 Å². The van der Waals surface area contributed by atoms with Gasteiger partial charge in [-0.15, -0.1) is 0 Å². The van der Waals surface area contributed by atoms with Crippen molar-refractivity contribution >= 4 is 22.8 Å². The van der Waals surface area contributed by atoms with E-state index in [9.17, 15) is 4.79 Å². The van der Waals surface area contributed by atoms with Gasteiger partial charge in [0.15, 0.2) is 0 Å². The fourth-order valence-electron chi connectivity index (χ4n) is 4.20. The van der Waals surface area contributed by atoms with E-state index < -0.39 is 0 Å². The molecular formula is C16H21N5O2. The second-order valence-electron chi connectivity index (χ2n) is 6.65. The molecule has 2 fully saturated rings. The van der Waals surface area contributed by atoms with E-state index in [1.54, 1.807) is 11.2 Å². The average Bonchev–Trinajstić information content (AvgIpc) is 3.26. The van der Waals surface area contributed by atoms with Gasteiger partial charge >= 0.3 is 0 Å². The van der Waals surface area contributed by atoms with Gasteiger partial charge in [-0.05, 0) is 30.7 Å². The number of aliphatic hydroxyl groups is 1. The lowest BCUT2D eigenvalue weighted by Gasteiger charge is -2.27. The molecule has 1 saturated carbocycles. The van der Waals surface area contributed by atoms with Crippen LogP contribution in [0.5, 0.6) is 0 Å². The number of aliphatic hydroxyl groups excluding tert-OH is 1. The fraction of sp³-hybridized carbons (Fsp3) is 0.562.